The van der Waals surface area contributed by atoms with Crippen molar-refractivity contribution in [3.63, 3.8) is 0 Å². The second-order valence-electron chi connectivity index (χ2n) is 5.79. The molecule has 0 spiro atoms. The van der Waals surface area contributed by atoms with Crippen molar-refractivity contribution in [3.8, 4) is 11.5 Å². The molecule has 0 unspecified atom stereocenters. The van der Waals surface area contributed by atoms with Crippen molar-refractivity contribution in [1.82, 2.24) is 5.32 Å². The molecule has 0 saturated heterocycles. The van der Waals surface area contributed by atoms with Crippen molar-refractivity contribution in [3.05, 3.63) is 59.7 Å². The van der Waals surface area contributed by atoms with Crippen molar-refractivity contribution >= 4 is 11.6 Å². The van der Waals surface area contributed by atoms with E-state index in [9.17, 15) is 4.79 Å². The summed E-state index contributed by atoms with van der Waals surface area (Å²) < 4.78 is 11.5. The number of nitrogens with zero attached hydrogens (tertiary/aromatic N) is 1. The molecule has 0 saturated carbocycles. The van der Waals surface area contributed by atoms with Crippen molar-refractivity contribution in [2.24, 2.45) is 5.16 Å². The van der Waals surface area contributed by atoms with Crippen molar-refractivity contribution in [1.29, 1.82) is 0 Å². The molecule has 1 amide bonds. The van der Waals surface area contributed by atoms with Crippen LogP contribution in [0.4, 0.5) is 0 Å². The van der Waals surface area contributed by atoms with Gasteiger partial charge in [-0.1, -0.05) is 29.4 Å². The van der Waals surface area contributed by atoms with Gasteiger partial charge in [0.05, 0.1) is 6.10 Å². The summed E-state index contributed by atoms with van der Waals surface area (Å²) >= 11 is 0. The van der Waals surface area contributed by atoms with E-state index in [1.54, 1.807) is 7.05 Å². The molecule has 0 atom stereocenters. The van der Waals surface area contributed by atoms with Crippen molar-refractivity contribution < 1.29 is 19.1 Å². The Morgan fingerprint density at radius 1 is 1.08 bits per heavy atom. The van der Waals surface area contributed by atoms with E-state index < -0.39 is 0 Å². The summed E-state index contributed by atoms with van der Waals surface area (Å²) in [7, 11) is 2.95. The monoisotopic (exact) mass is 356 g/mol. The van der Waals surface area contributed by atoms with Crippen LogP contribution in [0.3, 0.4) is 0 Å². The van der Waals surface area contributed by atoms with Crippen LogP contribution >= 0.6 is 0 Å². The van der Waals surface area contributed by atoms with Crippen LogP contribution in [0.5, 0.6) is 11.5 Å². The van der Waals surface area contributed by atoms with Gasteiger partial charge in [0.2, 0.25) is 0 Å². The van der Waals surface area contributed by atoms with E-state index in [0.29, 0.717) is 17.9 Å². The lowest BCUT2D eigenvalue weighted by Gasteiger charge is -2.13. The molecule has 6 heteroatoms. The number of carbonyl (C=O) groups is 1. The highest BCUT2D eigenvalue weighted by Crippen LogP contribution is 2.20. The van der Waals surface area contributed by atoms with Gasteiger partial charge in [-0.25, -0.2) is 0 Å². The van der Waals surface area contributed by atoms with Gasteiger partial charge in [-0.05, 0) is 43.7 Å². The molecule has 6 nitrogen and oxygen atoms in total. The van der Waals surface area contributed by atoms with Gasteiger partial charge in [-0.15, -0.1) is 0 Å². The first-order valence-corrected chi connectivity index (χ1v) is 8.36. The molecule has 0 aromatic heterocycles. The fraction of sp³-hybridized carbons (Fsp3) is 0.300. The molecule has 138 valence electrons. The molecule has 0 aliphatic heterocycles. The lowest BCUT2D eigenvalue weighted by atomic mass is 10.0. The summed E-state index contributed by atoms with van der Waals surface area (Å²) in [5.41, 5.74) is 1.69. The molecule has 0 bridgehead atoms. The maximum Gasteiger partial charge on any atom is 0.273 e. The van der Waals surface area contributed by atoms with Gasteiger partial charge >= 0.3 is 0 Å². The van der Waals surface area contributed by atoms with Gasteiger partial charge in [-0.3, -0.25) is 4.79 Å². The van der Waals surface area contributed by atoms with Gasteiger partial charge in [0.1, 0.15) is 25.2 Å². The summed E-state index contributed by atoms with van der Waals surface area (Å²) in [5, 5.41) is 6.42. The van der Waals surface area contributed by atoms with E-state index in [2.05, 4.69) is 10.5 Å². The van der Waals surface area contributed by atoms with E-state index in [1.165, 1.54) is 7.11 Å². The van der Waals surface area contributed by atoms with Crippen LogP contribution in [0.2, 0.25) is 0 Å². The van der Waals surface area contributed by atoms with E-state index in [-0.39, 0.29) is 17.7 Å². The topological polar surface area (TPSA) is 69.2 Å². The molecule has 0 fully saturated rings. The maximum atomic E-state index is 12.1. The van der Waals surface area contributed by atoms with Crippen LogP contribution in [0.25, 0.3) is 0 Å². The number of likely N-dealkylation sites (N-methyl/N-ethyl adjacent to an activating group) is 1. The summed E-state index contributed by atoms with van der Waals surface area (Å²) in [6.07, 6.45) is 0.122. The highest BCUT2D eigenvalue weighted by atomic mass is 16.6. The minimum atomic E-state index is -0.325. The van der Waals surface area contributed by atoms with E-state index in [0.717, 1.165) is 11.3 Å². The fourth-order valence-electron chi connectivity index (χ4n) is 2.35. The van der Waals surface area contributed by atoms with E-state index >= 15 is 0 Å². The zero-order valence-corrected chi connectivity index (χ0v) is 15.5. The maximum absolute atomic E-state index is 12.1. The summed E-state index contributed by atoms with van der Waals surface area (Å²) in [4.78, 5) is 16.9. The Morgan fingerprint density at radius 2 is 1.73 bits per heavy atom. The van der Waals surface area contributed by atoms with Crippen LogP contribution in [0.1, 0.15) is 25.0 Å². The first-order chi connectivity index (χ1) is 12.5. The minimum absolute atomic E-state index is 0.122. The van der Waals surface area contributed by atoms with Gasteiger partial charge in [0.15, 0.2) is 5.71 Å². The number of rotatable bonds is 8. The van der Waals surface area contributed by atoms with Crippen LogP contribution < -0.4 is 14.8 Å². The molecular formula is C20H24N2O4. The van der Waals surface area contributed by atoms with Gasteiger partial charge < -0.3 is 19.6 Å². The SMILES string of the molecule is CNC(=O)/C(=N/OC)c1ccccc1COc1ccc(OC(C)C)cc1. The number of benzene rings is 2. The Kier molecular flexibility index (Phi) is 7.02. The van der Waals surface area contributed by atoms with Gasteiger partial charge in [0, 0.05) is 12.6 Å². The van der Waals surface area contributed by atoms with Crippen LogP contribution in [-0.4, -0.2) is 31.9 Å². The van der Waals surface area contributed by atoms with Gasteiger partial charge in [-0.2, -0.15) is 0 Å². The third-order valence-corrected chi connectivity index (χ3v) is 3.49. The molecule has 0 radical (unpaired) electrons. The van der Waals surface area contributed by atoms with Crippen molar-refractivity contribution in [2.45, 2.75) is 26.6 Å². The lowest BCUT2D eigenvalue weighted by Crippen LogP contribution is -2.29. The molecular weight excluding hydrogens is 332 g/mol. The summed E-state index contributed by atoms with van der Waals surface area (Å²) in [6, 6.07) is 14.9. The zero-order valence-electron chi connectivity index (χ0n) is 15.5. The molecule has 1 N–H and O–H groups in total. The molecule has 0 aliphatic rings. The van der Waals surface area contributed by atoms with Crippen LogP contribution in [0.15, 0.2) is 53.7 Å². The highest BCUT2D eigenvalue weighted by molar-refractivity contribution is 6.45. The number of nitrogens with one attached hydrogen (secondary N) is 1. The van der Waals surface area contributed by atoms with Gasteiger partial charge in [0.25, 0.3) is 5.91 Å². The lowest BCUT2D eigenvalue weighted by molar-refractivity contribution is -0.114. The smallest absolute Gasteiger partial charge is 0.273 e. The summed E-state index contributed by atoms with van der Waals surface area (Å²) in [5.74, 6) is 1.18. The Bertz CT molecular complexity index is 755. The second-order valence-corrected chi connectivity index (χ2v) is 5.79. The number of ether oxygens (including phenoxy) is 2. The largest absolute Gasteiger partial charge is 0.491 e. The number of amides is 1. The molecule has 0 aliphatic carbocycles. The Morgan fingerprint density at radius 3 is 2.35 bits per heavy atom. The number of hydrogen-bond acceptors (Lipinski definition) is 5. The highest BCUT2D eigenvalue weighted by Gasteiger charge is 2.17. The second kappa shape index (κ2) is 9.46. The number of hydrogen-bond donors (Lipinski definition) is 1. The first kappa shape index (κ1) is 19.3. The third-order valence-electron chi connectivity index (χ3n) is 3.49. The third kappa shape index (κ3) is 5.24. The Balaban J connectivity index is 2.15. The molecule has 26 heavy (non-hydrogen) atoms. The Labute approximate surface area is 153 Å². The average molecular weight is 356 g/mol. The quantitative estimate of drug-likeness (QED) is 0.583. The normalized spacial score (nSPS) is 11.2. The first-order valence-electron chi connectivity index (χ1n) is 8.36. The van der Waals surface area contributed by atoms with E-state index in [1.807, 2.05) is 62.4 Å². The molecule has 2 aromatic carbocycles. The van der Waals surface area contributed by atoms with Crippen LogP contribution in [-0.2, 0) is 16.2 Å². The average Bonchev–Trinajstić information content (AvgIpc) is 2.65. The summed E-state index contributed by atoms with van der Waals surface area (Å²) in [6.45, 7) is 4.25. The predicted molar refractivity (Wildman–Crippen MR) is 101 cm³/mol. The molecule has 2 rings (SSSR count). The number of oxime groups is 1. The van der Waals surface area contributed by atoms with Crippen molar-refractivity contribution in [2.75, 3.05) is 14.2 Å². The molecule has 0 heterocycles. The number of carbonyl (C=O) groups excluding carboxylic acids is 1. The zero-order chi connectivity index (χ0) is 18.9. The minimum Gasteiger partial charge on any atom is -0.491 e. The Hall–Kier alpha value is -3.02. The predicted octanol–water partition coefficient (Wildman–Crippen LogP) is 3.15. The molecule has 2 aromatic rings. The standard InChI is InChI=1S/C20H24N2O4/c1-14(2)26-17-11-9-16(10-12-17)25-13-15-7-5-6-8-18(15)19(22-24-4)20(23)21-3/h5-12,14H,13H2,1-4H3,(H,21,23)/b22-19+. The van der Waals surface area contributed by atoms with Crippen LogP contribution in [0, 0.1) is 0 Å². The van der Waals surface area contributed by atoms with E-state index in [4.69, 9.17) is 14.3 Å². The fourth-order valence-corrected chi connectivity index (χ4v) is 2.35.